The van der Waals surface area contributed by atoms with Crippen LogP contribution in [0.4, 0.5) is 0 Å². The van der Waals surface area contributed by atoms with Gasteiger partial charge in [-0.2, -0.15) is 0 Å². The summed E-state index contributed by atoms with van der Waals surface area (Å²) in [5, 5.41) is 0. The van der Waals surface area contributed by atoms with Gasteiger partial charge in [-0.3, -0.25) is 4.79 Å². The molecule has 0 saturated heterocycles. The van der Waals surface area contributed by atoms with Crippen LogP contribution in [0.1, 0.15) is 30.7 Å². The Hall–Kier alpha value is -1.57. The third-order valence-corrected chi connectivity index (χ3v) is 3.39. The third kappa shape index (κ3) is 1.45. The molecule has 2 nitrogen and oxygen atoms in total. The van der Waals surface area contributed by atoms with Gasteiger partial charge in [0.15, 0.2) is 11.5 Å². The SMILES string of the molecule is O=C1CC(c2ccccc2)C2=C1OCCC2. The van der Waals surface area contributed by atoms with Gasteiger partial charge >= 0.3 is 0 Å². The number of hydrogen-bond acceptors (Lipinski definition) is 2. The van der Waals surface area contributed by atoms with Crippen LogP contribution in [0, 0.1) is 0 Å². The van der Waals surface area contributed by atoms with Crippen molar-refractivity contribution in [3.63, 3.8) is 0 Å². The molecule has 0 saturated carbocycles. The maximum absolute atomic E-state index is 11.8. The van der Waals surface area contributed by atoms with E-state index in [-0.39, 0.29) is 11.7 Å². The summed E-state index contributed by atoms with van der Waals surface area (Å²) in [4.78, 5) is 11.8. The Morgan fingerprint density at radius 2 is 2.00 bits per heavy atom. The number of rotatable bonds is 1. The van der Waals surface area contributed by atoms with E-state index in [0.717, 1.165) is 12.8 Å². The van der Waals surface area contributed by atoms with E-state index >= 15 is 0 Å². The fourth-order valence-corrected chi connectivity index (χ4v) is 2.64. The first kappa shape index (κ1) is 9.64. The van der Waals surface area contributed by atoms with Gasteiger partial charge in [-0.15, -0.1) is 0 Å². The molecular formula is C14H14O2. The van der Waals surface area contributed by atoms with Crippen molar-refractivity contribution in [1.82, 2.24) is 0 Å². The summed E-state index contributed by atoms with van der Waals surface area (Å²) in [5.41, 5.74) is 2.47. The zero-order valence-corrected chi connectivity index (χ0v) is 9.11. The van der Waals surface area contributed by atoms with Crippen molar-refractivity contribution in [3.8, 4) is 0 Å². The van der Waals surface area contributed by atoms with Gasteiger partial charge in [0, 0.05) is 12.3 Å². The van der Waals surface area contributed by atoms with Crippen molar-refractivity contribution in [3.05, 3.63) is 47.2 Å². The van der Waals surface area contributed by atoms with Crippen LogP contribution >= 0.6 is 0 Å². The van der Waals surface area contributed by atoms with Crippen LogP contribution < -0.4 is 0 Å². The Bertz CT molecular complexity index is 445. The minimum Gasteiger partial charge on any atom is -0.490 e. The second-order valence-corrected chi connectivity index (χ2v) is 4.40. The minimum absolute atomic E-state index is 0.184. The molecule has 0 radical (unpaired) electrons. The molecule has 0 bridgehead atoms. The van der Waals surface area contributed by atoms with Gasteiger partial charge in [-0.1, -0.05) is 30.3 Å². The Kier molecular flexibility index (Phi) is 2.28. The minimum atomic E-state index is 0.184. The van der Waals surface area contributed by atoms with Crippen molar-refractivity contribution in [2.24, 2.45) is 0 Å². The molecule has 1 aliphatic heterocycles. The number of Topliss-reactive ketones (excluding diaryl/α,β-unsaturated/α-hetero) is 1. The second-order valence-electron chi connectivity index (χ2n) is 4.40. The van der Waals surface area contributed by atoms with E-state index in [9.17, 15) is 4.79 Å². The van der Waals surface area contributed by atoms with Crippen LogP contribution in [0.3, 0.4) is 0 Å². The van der Waals surface area contributed by atoms with Gasteiger partial charge in [0.05, 0.1) is 6.61 Å². The number of hydrogen-bond donors (Lipinski definition) is 0. The normalized spacial score (nSPS) is 24.2. The largest absolute Gasteiger partial charge is 0.490 e. The topological polar surface area (TPSA) is 26.3 Å². The Morgan fingerprint density at radius 1 is 1.19 bits per heavy atom. The van der Waals surface area contributed by atoms with Gasteiger partial charge in [0.25, 0.3) is 0 Å². The quantitative estimate of drug-likeness (QED) is 0.718. The first-order chi connectivity index (χ1) is 7.86. The molecule has 16 heavy (non-hydrogen) atoms. The molecule has 1 atom stereocenters. The van der Waals surface area contributed by atoms with E-state index < -0.39 is 0 Å². The number of carbonyl (C=O) groups excluding carboxylic acids is 1. The maximum atomic E-state index is 11.8. The smallest absolute Gasteiger partial charge is 0.198 e. The molecular weight excluding hydrogens is 200 g/mol. The second kappa shape index (κ2) is 3.78. The summed E-state index contributed by atoms with van der Waals surface area (Å²) >= 11 is 0. The number of ketones is 1. The van der Waals surface area contributed by atoms with E-state index in [1.54, 1.807) is 0 Å². The summed E-state index contributed by atoms with van der Waals surface area (Å²) < 4.78 is 5.50. The van der Waals surface area contributed by atoms with Gasteiger partial charge in [0.1, 0.15) is 0 Å². The fraction of sp³-hybridized carbons (Fsp3) is 0.357. The molecule has 1 heterocycles. The zero-order chi connectivity index (χ0) is 11.0. The van der Waals surface area contributed by atoms with Crippen molar-refractivity contribution >= 4 is 5.78 Å². The van der Waals surface area contributed by atoms with Crippen LogP contribution in [-0.4, -0.2) is 12.4 Å². The average molecular weight is 214 g/mol. The summed E-state index contributed by atoms with van der Waals surface area (Å²) in [7, 11) is 0. The van der Waals surface area contributed by atoms with E-state index in [4.69, 9.17) is 4.74 Å². The van der Waals surface area contributed by atoms with E-state index in [1.165, 1.54) is 11.1 Å². The monoisotopic (exact) mass is 214 g/mol. The van der Waals surface area contributed by atoms with Gasteiger partial charge in [-0.25, -0.2) is 0 Å². The maximum Gasteiger partial charge on any atom is 0.198 e. The molecule has 1 aliphatic carbocycles. The molecule has 1 aromatic carbocycles. The molecule has 0 spiro atoms. The lowest BCUT2D eigenvalue weighted by molar-refractivity contribution is -0.118. The highest BCUT2D eigenvalue weighted by Gasteiger charge is 2.35. The Balaban J connectivity index is 1.99. The number of carbonyl (C=O) groups is 1. The van der Waals surface area contributed by atoms with Crippen molar-refractivity contribution in [2.45, 2.75) is 25.2 Å². The zero-order valence-electron chi connectivity index (χ0n) is 9.11. The predicted molar refractivity (Wildman–Crippen MR) is 61.0 cm³/mol. The van der Waals surface area contributed by atoms with Crippen molar-refractivity contribution < 1.29 is 9.53 Å². The first-order valence-electron chi connectivity index (χ1n) is 5.80. The summed E-state index contributed by atoms with van der Waals surface area (Å²) in [6, 6.07) is 10.3. The van der Waals surface area contributed by atoms with Gasteiger partial charge in [-0.05, 0) is 24.0 Å². The average Bonchev–Trinajstić information content (AvgIpc) is 2.69. The van der Waals surface area contributed by atoms with Crippen LogP contribution in [0.5, 0.6) is 0 Å². The molecule has 0 aromatic heterocycles. The van der Waals surface area contributed by atoms with Gasteiger partial charge < -0.3 is 4.74 Å². The molecule has 3 rings (SSSR count). The third-order valence-electron chi connectivity index (χ3n) is 3.39. The lowest BCUT2D eigenvalue weighted by Gasteiger charge is -2.19. The molecule has 0 fully saturated rings. The van der Waals surface area contributed by atoms with Crippen molar-refractivity contribution in [1.29, 1.82) is 0 Å². The highest BCUT2D eigenvalue weighted by Crippen LogP contribution is 2.41. The summed E-state index contributed by atoms with van der Waals surface area (Å²) in [5.74, 6) is 1.12. The molecule has 2 aliphatic rings. The number of allylic oxidation sites excluding steroid dienone is 2. The van der Waals surface area contributed by atoms with E-state index in [2.05, 4.69) is 12.1 Å². The van der Waals surface area contributed by atoms with Crippen LogP contribution in [0.2, 0.25) is 0 Å². The van der Waals surface area contributed by atoms with Crippen LogP contribution in [-0.2, 0) is 9.53 Å². The number of benzene rings is 1. The summed E-state index contributed by atoms with van der Waals surface area (Å²) in [6.07, 6.45) is 2.64. The Morgan fingerprint density at radius 3 is 2.81 bits per heavy atom. The molecule has 1 unspecified atom stereocenters. The van der Waals surface area contributed by atoms with E-state index in [1.807, 2.05) is 18.2 Å². The first-order valence-corrected chi connectivity index (χ1v) is 5.80. The van der Waals surface area contributed by atoms with Crippen LogP contribution in [0.15, 0.2) is 41.7 Å². The predicted octanol–water partition coefficient (Wildman–Crippen LogP) is 2.81. The standard InChI is InChI=1S/C14H14O2/c15-13-9-12(10-5-2-1-3-6-10)11-7-4-8-16-14(11)13/h1-3,5-6,12H,4,7-9H2. The molecule has 0 amide bonds. The highest BCUT2D eigenvalue weighted by molar-refractivity contribution is 5.98. The highest BCUT2D eigenvalue weighted by atomic mass is 16.5. The van der Waals surface area contributed by atoms with Crippen molar-refractivity contribution in [2.75, 3.05) is 6.61 Å². The lowest BCUT2D eigenvalue weighted by atomic mass is 9.90. The molecule has 1 aromatic rings. The van der Waals surface area contributed by atoms with E-state index in [0.29, 0.717) is 18.8 Å². The lowest BCUT2D eigenvalue weighted by Crippen LogP contribution is -2.08. The summed E-state index contributed by atoms with van der Waals surface area (Å²) in [6.45, 7) is 0.700. The Labute approximate surface area is 94.9 Å². The van der Waals surface area contributed by atoms with Gasteiger partial charge in [0.2, 0.25) is 0 Å². The fourth-order valence-electron chi connectivity index (χ4n) is 2.64. The molecule has 82 valence electrons. The number of ether oxygens (including phenoxy) is 1. The van der Waals surface area contributed by atoms with Crippen LogP contribution in [0.25, 0.3) is 0 Å². The molecule has 0 N–H and O–H groups in total. The molecule has 2 heteroatoms.